The van der Waals surface area contributed by atoms with Crippen LogP contribution in [-0.2, 0) is 0 Å². The minimum absolute atomic E-state index is 0.516. The van der Waals surface area contributed by atoms with Crippen molar-refractivity contribution in [1.82, 2.24) is 15.5 Å². The van der Waals surface area contributed by atoms with Crippen LogP contribution < -0.4 is 10.6 Å². The third kappa shape index (κ3) is 3.55. The summed E-state index contributed by atoms with van der Waals surface area (Å²) in [5.41, 5.74) is 0.516. The van der Waals surface area contributed by atoms with E-state index in [-0.39, 0.29) is 0 Å². The van der Waals surface area contributed by atoms with Crippen LogP contribution in [0, 0.1) is 5.92 Å². The molecule has 0 unspecified atom stereocenters. The molecule has 1 atom stereocenters. The first-order valence-electron chi connectivity index (χ1n) is 9.06. The number of nitrogens with zero attached hydrogens (tertiary/aromatic N) is 1. The van der Waals surface area contributed by atoms with Gasteiger partial charge in [0, 0.05) is 12.1 Å². The van der Waals surface area contributed by atoms with Crippen LogP contribution in [0.25, 0.3) is 0 Å². The van der Waals surface area contributed by atoms with E-state index in [1.807, 2.05) is 0 Å². The smallest absolute Gasteiger partial charge is 0.0333 e. The number of nitrogens with one attached hydrogen (secondary N) is 2. The summed E-state index contributed by atoms with van der Waals surface area (Å²) < 4.78 is 0. The molecule has 0 aromatic rings. The highest BCUT2D eigenvalue weighted by atomic mass is 15.2. The van der Waals surface area contributed by atoms with Crippen LogP contribution in [0.3, 0.4) is 0 Å². The summed E-state index contributed by atoms with van der Waals surface area (Å²) in [6.45, 7) is 7.63. The molecule has 0 aromatic heterocycles. The van der Waals surface area contributed by atoms with Crippen LogP contribution in [0.2, 0.25) is 0 Å². The minimum atomic E-state index is 0.516. The number of hydrogen-bond acceptors (Lipinski definition) is 3. The summed E-state index contributed by atoms with van der Waals surface area (Å²) in [5.74, 6) is 0.864. The predicted octanol–water partition coefficient (Wildman–Crippen LogP) is 2.37. The van der Waals surface area contributed by atoms with Gasteiger partial charge in [-0.2, -0.15) is 0 Å². The van der Waals surface area contributed by atoms with Crippen molar-refractivity contribution in [2.24, 2.45) is 5.92 Å². The Bertz CT molecular complexity index is 274. The molecule has 3 heteroatoms. The Morgan fingerprint density at radius 2 is 1.80 bits per heavy atom. The molecule has 20 heavy (non-hydrogen) atoms. The quantitative estimate of drug-likeness (QED) is 0.809. The third-order valence-electron chi connectivity index (χ3n) is 5.85. The monoisotopic (exact) mass is 279 g/mol. The molecule has 3 fully saturated rings. The molecule has 2 saturated heterocycles. The van der Waals surface area contributed by atoms with Crippen molar-refractivity contribution >= 4 is 0 Å². The molecule has 0 spiro atoms. The van der Waals surface area contributed by atoms with Gasteiger partial charge in [0.05, 0.1) is 0 Å². The summed E-state index contributed by atoms with van der Waals surface area (Å²) in [5, 5.41) is 7.39. The lowest BCUT2D eigenvalue weighted by molar-refractivity contribution is 0.0688. The van der Waals surface area contributed by atoms with E-state index in [0.29, 0.717) is 5.54 Å². The number of piperidine rings is 2. The van der Waals surface area contributed by atoms with Gasteiger partial charge >= 0.3 is 0 Å². The lowest BCUT2D eigenvalue weighted by atomic mass is 9.91. The first-order chi connectivity index (χ1) is 9.89. The maximum atomic E-state index is 3.85. The van der Waals surface area contributed by atoms with Gasteiger partial charge in [-0.05, 0) is 77.2 Å². The Morgan fingerprint density at radius 1 is 1.00 bits per heavy atom. The van der Waals surface area contributed by atoms with Gasteiger partial charge < -0.3 is 10.6 Å². The summed E-state index contributed by atoms with van der Waals surface area (Å²) >= 11 is 0. The standard InChI is InChI=1S/C17H33N3/c1-4-11-20(12-5-1)17(8-2-3-9-17)15-19-14-16-7-6-10-18-13-16/h16,18-19H,1-15H2/t16-/m0/s1. The van der Waals surface area contributed by atoms with E-state index in [2.05, 4.69) is 15.5 Å². The second-order valence-corrected chi connectivity index (χ2v) is 7.32. The molecule has 116 valence electrons. The second-order valence-electron chi connectivity index (χ2n) is 7.32. The molecule has 0 aromatic carbocycles. The lowest BCUT2D eigenvalue weighted by Gasteiger charge is -2.44. The predicted molar refractivity (Wildman–Crippen MR) is 85.1 cm³/mol. The van der Waals surface area contributed by atoms with E-state index in [0.717, 1.165) is 5.92 Å². The fourth-order valence-corrected chi connectivity index (χ4v) is 4.61. The Balaban J connectivity index is 1.48. The maximum absolute atomic E-state index is 3.85. The molecule has 1 saturated carbocycles. The Morgan fingerprint density at radius 3 is 2.50 bits per heavy atom. The van der Waals surface area contributed by atoms with E-state index in [1.54, 1.807) is 0 Å². The molecular formula is C17H33N3. The first-order valence-corrected chi connectivity index (χ1v) is 9.06. The van der Waals surface area contributed by atoms with Crippen molar-refractivity contribution in [2.75, 3.05) is 39.3 Å². The van der Waals surface area contributed by atoms with Gasteiger partial charge in [0.1, 0.15) is 0 Å². The van der Waals surface area contributed by atoms with Gasteiger partial charge in [-0.15, -0.1) is 0 Å². The van der Waals surface area contributed by atoms with Crippen LogP contribution in [0.4, 0.5) is 0 Å². The molecule has 0 bridgehead atoms. The molecule has 3 aliphatic rings. The minimum Gasteiger partial charge on any atom is -0.316 e. The van der Waals surface area contributed by atoms with Gasteiger partial charge in [-0.25, -0.2) is 0 Å². The maximum Gasteiger partial charge on any atom is 0.0333 e. The van der Waals surface area contributed by atoms with Gasteiger partial charge in [0.15, 0.2) is 0 Å². The zero-order chi connectivity index (χ0) is 13.7. The second kappa shape index (κ2) is 7.24. The molecule has 2 N–H and O–H groups in total. The third-order valence-corrected chi connectivity index (χ3v) is 5.85. The molecule has 2 heterocycles. The van der Waals surface area contributed by atoms with Gasteiger partial charge in [-0.1, -0.05) is 19.3 Å². The largest absolute Gasteiger partial charge is 0.316 e. The summed E-state index contributed by atoms with van der Waals surface area (Å²) in [6, 6.07) is 0. The number of likely N-dealkylation sites (tertiary alicyclic amines) is 1. The summed E-state index contributed by atoms with van der Waals surface area (Å²) in [4.78, 5) is 2.84. The SMILES string of the molecule is C1CCN(C2(CNC[C@H]3CCCNC3)CCCC2)CC1. The van der Waals surface area contributed by atoms with Gasteiger partial charge in [0.25, 0.3) is 0 Å². The van der Waals surface area contributed by atoms with Crippen molar-refractivity contribution in [3.05, 3.63) is 0 Å². The highest BCUT2D eigenvalue weighted by Gasteiger charge is 2.39. The zero-order valence-corrected chi connectivity index (χ0v) is 13.1. The summed E-state index contributed by atoms with van der Waals surface area (Å²) in [6.07, 6.45) is 12.8. The molecule has 1 aliphatic carbocycles. The molecular weight excluding hydrogens is 246 g/mol. The fraction of sp³-hybridized carbons (Fsp3) is 1.00. The van der Waals surface area contributed by atoms with Crippen molar-refractivity contribution in [3.63, 3.8) is 0 Å². The van der Waals surface area contributed by atoms with Crippen molar-refractivity contribution in [1.29, 1.82) is 0 Å². The molecule has 3 nitrogen and oxygen atoms in total. The number of rotatable bonds is 5. The zero-order valence-electron chi connectivity index (χ0n) is 13.1. The fourth-order valence-electron chi connectivity index (χ4n) is 4.61. The van der Waals surface area contributed by atoms with Crippen LogP contribution in [0.1, 0.15) is 57.8 Å². The Kier molecular flexibility index (Phi) is 5.36. The molecule has 2 aliphatic heterocycles. The summed E-state index contributed by atoms with van der Waals surface area (Å²) in [7, 11) is 0. The van der Waals surface area contributed by atoms with E-state index in [4.69, 9.17) is 0 Å². The van der Waals surface area contributed by atoms with E-state index >= 15 is 0 Å². The van der Waals surface area contributed by atoms with Crippen LogP contribution >= 0.6 is 0 Å². The van der Waals surface area contributed by atoms with Crippen LogP contribution in [0.15, 0.2) is 0 Å². The van der Waals surface area contributed by atoms with Crippen molar-refractivity contribution in [3.8, 4) is 0 Å². The molecule has 0 amide bonds. The van der Waals surface area contributed by atoms with Crippen LogP contribution in [-0.4, -0.2) is 49.7 Å². The highest BCUT2D eigenvalue weighted by molar-refractivity contribution is 4.97. The first kappa shape index (κ1) is 14.8. The average molecular weight is 279 g/mol. The van der Waals surface area contributed by atoms with Crippen molar-refractivity contribution in [2.45, 2.75) is 63.3 Å². The average Bonchev–Trinajstić information content (AvgIpc) is 2.99. The topological polar surface area (TPSA) is 27.3 Å². The van der Waals surface area contributed by atoms with Crippen LogP contribution in [0.5, 0.6) is 0 Å². The van der Waals surface area contributed by atoms with E-state index in [1.165, 1.54) is 97.1 Å². The van der Waals surface area contributed by atoms with E-state index in [9.17, 15) is 0 Å². The van der Waals surface area contributed by atoms with E-state index < -0.39 is 0 Å². The molecule has 3 rings (SSSR count). The lowest BCUT2D eigenvalue weighted by Crippen LogP contribution is -2.55. The highest BCUT2D eigenvalue weighted by Crippen LogP contribution is 2.36. The molecule has 0 radical (unpaired) electrons. The van der Waals surface area contributed by atoms with Gasteiger partial charge in [0.2, 0.25) is 0 Å². The normalized spacial score (nSPS) is 31.5. The van der Waals surface area contributed by atoms with Gasteiger partial charge in [-0.3, -0.25) is 4.90 Å². The number of hydrogen-bond donors (Lipinski definition) is 2. The Labute approximate surface area is 124 Å². The Hall–Kier alpha value is -0.120. The van der Waals surface area contributed by atoms with Crippen molar-refractivity contribution < 1.29 is 0 Å².